The number of aryl methyl sites for hydroxylation is 2. The van der Waals surface area contributed by atoms with Crippen LogP contribution in [0, 0.1) is 13.8 Å². The zero-order valence-corrected chi connectivity index (χ0v) is 19.3. The van der Waals surface area contributed by atoms with Crippen molar-refractivity contribution in [1.29, 1.82) is 0 Å². The molecule has 1 aliphatic carbocycles. The predicted octanol–water partition coefficient (Wildman–Crippen LogP) is 4.43. The van der Waals surface area contributed by atoms with Gasteiger partial charge in [0, 0.05) is 23.0 Å². The van der Waals surface area contributed by atoms with E-state index in [0.29, 0.717) is 25.7 Å². The Bertz CT molecular complexity index is 1280. The SMILES string of the molecule is Cc1cc(C)c2cc(CN(Cc3ccco3)Cc3nnnn3C3CCCCC3)c(=O)[nH]c2c1. The van der Waals surface area contributed by atoms with Crippen molar-refractivity contribution >= 4 is 10.9 Å². The van der Waals surface area contributed by atoms with Crippen molar-refractivity contribution in [2.75, 3.05) is 0 Å². The normalized spacial score (nSPS) is 15.0. The average Bonchev–Trinajstić information content (AvgIpc) is 3.47. The number of hydrogen-bond acceptors (Lipinski definition) is 6. The average molecular weight is 447 g/mol. The Morgan fingerprint density at radius 1 is 1.12 bits per heavy atom. The molecular weight excluding hydrogens is 416 g/mol. The number of aromatic amines is 1. The molecule has 1 aromatic carbocycles. The van der Waals surface area contributed by atoms with Crippen LogP contribution in [0.1, 0.15) is 66.4 Å². The Kier molecular flexibility index (Phi) is 6.09. The van der Waals surface area contributed by atoms with Gasteiger partial charge in [-0.2, -0.15) is 0 Å². The number of hydrogen-bond donors (Lipinski definition) is 1. The van der Waals surface area contributed by atoms with Crippen LogP contribution < -0.4 is 5.56 Å². The van der Waals surface area contributed by atoms with E-state index < -0.39 is 0 Å². The molecule has 33 heavy (non-hydrogen) atoms. The van der Waals surface area contributed by atoms with Gasteiger partial charge in [-0.1, -0.05) is 25.3 Å². The summed E-state index contributed by atoms with van der Waals surface area (Å²) in [6.45, 7) is 5.69. The lowest BCUT2D eigenvalue weighted by Gasteiger charge is -2.25. The zero-order valence-electron chi connectivity index (χ0n) is 19.3. The molecule has 3 aromatic heterocycles. The van der Waals surface area contributed by atoms with Crippen molar-refractivity contribution in [2.45, 2.75) is 71.6 Å². The van der Waals surface area contributed by atoms with Crippen molar-refractivity contribution in [3.05, 3.63) is 75.2 Å². The van der Waals surface area contributed by atoms with Gasteiger partial charge in [-0.05, 0) is 72.5 Å². The van der Waals surface area contributed by atoms with Gasteiger partial charge in [0.1, 0.15) is 5.76 Å². The lowest BCUT2D eigenvalue weighted by atomic mass is 9.95. The van der Waals surface area contributed by atoms with Crippen LogP contribution in [0.2, 0.25) is 0 Å². The monoisotopic (exact) mass is 446 g/mol. The van der Waals surface area contributed by atoms with Crippen molar-refractivity contribution in [2.24, 2.45) is 0 Å². The van der Waals surface area contributed by atoms with Crippen molar-refractivity contribution in [1.82, 2.24) is 30.1 Å². The first kappa shape index (κ1) is 21.6. The summed E-state index contributed by atoms with van der Waals surface area (Å²) in [6.07, 6.45) is 7.60. The van der Waals surface area contributed by atoms with Gasteiger partial charge in [-0.15, -0.1) is 5.10 Å². The third-order valence-electron chi connectivity index (χ3n) is 6.59. The number of tetrazole rings is 1. The van der Waals surface area contributed by atoms with Gasteiger partial charge >= 0.3 is 0 Å². The van der Waals surface area contributed by atoms with Crippen LogP contribution in [-0.4, -0.2) is 30.1 Å². The smallest absolute Gasteiger partial charge is 0.252 e. The van der Waals surface area contributed by atoms with Gasteiger partial charge in [0.05, 0.1) is 25.4 Å². The number of pyridine rings is 1. The largest absolute Gasteiger partial charge is 0.468 e. The fraction of sp³-hybridized carbons (Fsp3) is 0.440. The van der Waals surface area contributed by atoms with Crippen molar-refractivity contribution in [3.8, 4) is 0 Å². The number of rotatable bonds is 7. The Balaban J connectivity index is 1.45. The van der Waals surface area contributed by atoms with Crippen LogP contribution in [0.3, 0.4) is 0 Å². The van der Waals surface area contributed by atoms with Gasteiger partial charge in [-0.25, -0.2) is 4.68 Å². The molecule has 0 radical (unpaired) electrons. The summed E-state index contributed by atoms with van der Waals surface area (Å²) in [4.78, 5) is 18.2. The molecule has 0 aliphatic heterocycles. The molecule has 0 amide bonds. The Morgan fingerprint density at radius 3 is 2.76 bits per heavy atom. The summed E-state index contributed by atoms with van der Waals surface area (Å²) in [7, 11) is 0. The molecule has 0 spiro atoms. The van der Waals surface area contributed by atoms with Gasteiger partial charge in [-0.3, -0.25) is 9.69 Å². The van der Waals surface area contributed by atoms with Crippen LogP contribution in [-0.2, 0) is 19.6 Å². The summed E-state index contributed by atoms with van der Waals surface area (Å²) < 4.78 is 7.61. The standard InChI is InChI=1S/C25H30N6O2/c1-17-11-18(2)22-13-19(25(32)26-23(22)12-17)14-30(15-21-9-6-10-33-21)16-24-27-28-29-31(24)20-7-4-3-5-8-20/h6,9-13,20H,3-5,7-8,14-16H2,1-2H3,(H,26,32). The fourth-order valence-corrected chi connectivity index (χ4v) is 4.99. The van der Waals surface area contributed by atoms with Gasteiger partial charge in [0.2, 0.25) is 0 Å². The number of aromatic nitrogens is 5. The number of nitrogens with zero attached hydrogens (tertiary/aromatic N) is 5. The summed E-state index contributed by atoms with van der Waals surface area (Å²) in [5.74, 6) is 1.67. The topological polar surface area (TPSA) is 92.8 Å². The second kappa shape index (κ2) is 9.31. The maximum atomic E-state index is 13.0. The number of H-pyrrole nitrogens is 1. The minimum Gasteiger partial charge on any atom is -0.468 e. The van der Waals surface area contributed by atoms with E-state index in [1.54, 1.807) is 6.26 Å². The van der Waals surface area contributed by atoms with E-state index in [1.807, 2.05) is 35.9 Å². The highest BCUT2D eigenvalue weighted by atomic mass is 16.3. The Morgan fingerprint density at radius 2 is 1.97 bits per heavy atom. The maximum absolute atomic E-state index is 13.0. The molecule has 1 aliphatic rings. The summed E-state index contributed by atoms with van der Waals surface area (Å²) in [6, 6.07) is 10.4. The van der Waals surface area contributed by atoms with E-state index in [-0.39, 0.29) is 5.56 Å². The zero-order chi connectivity index (χ0) is 22.8. The molecule has 0 saturated heterocycles. The molecule has 8 nitrogen and oxygen atoms in total. The number of furan rings is 1. The molecule has 8 heteroatoms. The van der Waals surface area contributed by atoms with Crippen LogP contribution in [0.4, 0.5) is 0 Å². The molecule has 1 saturated carbocycles. The van der Waals surface area contributed by atoms with E-state index in [4.69, 9.17) is 4.42 Å². The third-order valence-corrected chi connectivity index (χ3v) is 6.59. The van der Waals surface area contributed by atoms with Crippen LogP contribution >= 0.6 is 0 Å². The van der Waals surface area contributed by atoms with Gasteiger partial charge < -0.3 is 9.40 Å². The van der Waals surface area contributed by atoms with Crippen LogP contribution in [0.15, 0.2) is 45.8 Å². The minimum atomic E-state index is -0.0659. The molecule has 0 bridgehead atoms. The van der Waals surface area contributed by atoms with Crippen molar-refractivity contribution < 1.29 is 4.42 Å². The molecule has 1 N–H and O–H groups in total. The highest BCUT2D eigenvalue weighted by molar-refractivity contribution is 5.83. The molecule has 172 valence electrons. The van der Waals surface area contributed by atoms with E-state index in [1.165, 1.54) is 19.3 Å². The lowest BCUT2D eigenvalue weighted by Crippen LogP contribution is -2.28. The number of fused-ring (bicyclic) bond motifs is 1. The van der Waals surface area contributed by atoms with Gasteiger partial charge in [0.25, 0.3) is 5.56 Å². The quantitative estimate of drug-likeness (QED) is 0.451. The summed E-state index contributed by atoms with van der Waals surface area (Å²) in [5.41, 5.74) is 3.82. The van der Waals surface area contributed by atoms with Crippen LogP contribution in [0.5, 0.6) is 0 Å². The molecule has 3 heterocycles. The molecule has 0 atom stereocenters. The second-order valence-electron chi connectivity index (χ2n) is 9.22. The highest BCUT2D eigenvalue weighted by Crippen LogP contribution is 2.28. The van der Waals surface area contributed by atoms with Crippen LogP contribution in [0.25, 0.3) is 10.9 Å². The number of benzene rings is 1. The predicted molar refractivity (Wildman–Crippen MR) is 126 cm³/mol. The summed E-state index contributed by atoms with van der Waals surface area (Å²) in [5, 5.41) is 13.7. The third kappa shape index (κ3) is 4.75. The van der Waals surface area contributed by atoms with E-state index in [0.717, 1.165) is 52.0 Å². The Labute approximate surface area is 192 Å². The van der Waals surface area contributed by atoms with E-state index in [2.05, 4.69) is 38.4 Å². The fourth-order valence-electron chi connectivity index (χ4n) is 4.99. The second-order valence-corrected chi connectivity index (χ2v) is 9.22. The van der Waals surface area contributed by atoms with Crippen molar-refractivity contribution in [3.63, 3.8) is 0 Å². The van der Waals surface area contributed by atoms with E-state index in [9.17, 15) is 4.79 Å². The molecular formula is C25H30N6O2. The Hall–Kier alpha value is -3.26. The summed E-state index contributed by atoms with van der Waals surface area (Å²) >= 11 is 0. The van der Waals surface area contributed by atoms with E-state index >= 15 is 0 Å². The first-order chi connectivity index (χ1) is 16.1. The molecule has 1 fully saturated rings. The minimum absolute atomic E-state index is 0.0659. The molecule has 5 rings (SSSR count). The maximum Gasteiger partial charge on any atom is 0.252 e. The molecule has 4 aromatic rings. The number of nitrogens with one attached hydrogen (secondary N) is 1. The highest BCUT2D eigenvalue weighted by Gasteiger charge is 2.22. The first-order valence-corrected chi connectivity index (χ1v) is 11.7. The molecule has 0 unspecified atom stereocenters. The lowest BCUT2D eigenvalue weighted by molar-refractivity contribution is 0.209. The van der Waals surface area contributed by atoms with Gasteiger partial charge in [0.15, 0.2) is 5.82 Å². The first-order valence-electron chi connectivity index (χ1n) is 11.7.